The molecule has 7 nitrogen and oxygen atoms in total. The zero-order valence-corrected chi connectivity index (χ0v) is 16.1. The van der Waals surface area contributed by atoms with Crippen molar-refractivity contribution in [1.82, 2.24) is 9.88 Å². The Kier molecular flexibility index (Phi) is 6.98. The average molecular weight is 391 g/mol. The van der Waals surface area contributed by atoms with Gasteiger partial charge in [-0.25, -0.2) is 0 Å². The van der Waals surface area contributed by atoms with Gasteiger partial charge in [-0.15, -0.1) is 0 Å². The van der Waals surface area contributed by atoms with Crippen LogP contribution in [0.2, 0.25) is 0 Å². The van der Waals surface area contributed by atoms with Gasteiger partial charge in [0.15, 0.2) is 5.76 Å². The lowest BCUT2D eigenvalue weighted by Gasteiger charge is -2.20. The van der Waals surface area contributed by atoms with Crippen LogP contribution in [0, 0.1) is 11.3 Å². The number of pyridine rings is 1. The number of furan rings is 1. The van der Waals surface area contributed by atoms with E-state index in [0.29, 0.717) is 36.8 Å². The third-order valence-corrected chi connectivity index (χ3v) is 4.18. The Morgan fingerprint density at radius 1 is 1.17 bits per heavy atom. The number of carbonyl (C=O) groups is 1. The molecule has 0 aliphatic carbocycles. The smallest absolute Gasteiger partial charge is 0.289 e. The molecule has 0 atom stereocenters. The summed E-state index contributed by atoms with van der Waals surface area (Å²) in [5.41, 5.74) is 1.22. The third kappa shape index (κ3) is 5.43. The first-order valence-corrected chi connectivity index (χ1v) is 9.10. The van der Waals surface area contributed by atoms with Gasteiger partial charge in [0, 0.05) is 19.9 Å². The van der Waals surface area contributed by atoms with E-state index in [9.17, 15) is 4.79 Å². The van der Waals surface area contributed by atoms with Crippen LogP contribution in [0.5, 0.6) is 5.75 Å². The minimum atomic E-state index is -0.253. The van der Waals surface area contributed by atoms with Crippen LogP contribution in [-0.2, 0) is 17.9 Å². The van der Waals surface area contributed by atoms with Crippen molar-refractivity contribution in [2.24, 2.45) is 0 Å². The molecule has 3 aromatic rings. The molecule has 0 fully saturated rings. The maximum absolute atomic E-state index is 12.9. The topological polar surface area (TPSA) is 88.6 Å². The third-order valence-electron chi connectivity index (χ3n) is 4.18. The molecule has 1 aromatic carbocycles. The second kappa shape index (κ2) is 10.1. The van der Waals surface area contributed by atoms with Crippen molar-refractivity contribution in [2.45, 2.75) is 13.2 Å². The number of para-hydroxylation sites is 1. The monoisotopic (exact) mass is 391 g/mol. The molecular weight excluding hydrogens is 370 g/mol. The lowest BCUT2D eigenvalue weighted by molar-refractivity contribution is 0.0643. The Balaban J connectivity index is 1.68. The van der Waals surface area contributed by atoms with Gasteiger partial charge in [0.2, 0.25) is 0 Å². The molecular formula is C22H21N3O4. The highest BCUT2D eigenvalue weighted by Crippen LogP contribution is 2.19. The molecule has 1 amide bonds. The zero-order chi connectivity index (χ0) is 20.5. The van der Waals surface area contributed by atoms with Crippen molar-refractivity contribution >= 4 is 5.91 Å². The van der Waals surface area contributed by atoms with E-state index >= 15 is 0 Å². The van der Waals surface area contributed by atoms with Crippen molar-refractivity contribution in [2.75, 3.05) is 20.3 Å². The SMILES string of the molecule is COCCN(Cc1ccccn1)C(=O)c1ccc(COc2ccccc2C#N)o1. The molecule has 0 spiro atoms. The molecule has 2 aromatic heterocycles. The number of rotatable bonds is 9. The summed E-state index contributed by atoms with van der Waals surface area (Å²) in [6.45, 7) is 1.28. The summed E-state index contributed by atoms with van der Waals surface area (Å²) in [6, 6.07) is 17.9. The summed E-state index contributed by atoms with van der Waals surface area (Å²) in [4.78, 5) is 18.8. The van der Waals surface area contributed by atoms with Crippen LogP contribution in [-0.4, -0.2) is 36.1 Å². The second-order valence-electron chi connectivity index (χ2n) is 6.20. The van der Waals surface area contributed by atoms with Crippen LogP contribution in [0.1, 0.15) is 27.6 Å². The summed E-state index contributed by atoms with van der Waals surface area (Å²) in [7, 11) is 1.59. The number of nitriles is 1. The van der Waals surface area contributed by atoms with E-state index in [1.807, 2.05) is 18.2 Å². The number of methoxy groups -OCH3 is 1. The summed E-state index contributed by atoms with van der Waals surface area (Å²) >= 11 is 0. The van der Waals surface area contributed by atoms with Crippen molar-refractivity contribution in [3.63, 3.8) is 0 Å². The lowest BCUT2D eigenvalue weighted by atomic mass is 10.2. The van der Waals surface area contributed by atoms with Crippen LogP contribution >= 0.6 is 0 Å². The van der Waals surface area contributed by atoms with Gasteiger partial charge in [-0.3, -0.25) is 9.78 Å². The minimum absolute atomic E-state index is 0.115. The van der Waals surface area contributed by atoms with Crippen molar-refractivity contribution in [3.05, 3.63) is 83.6 Å². The van der Waals surface area contributed by atoms with E-state index in [4.69, 9.17) is 19.2 Å². The average Bonchev–Trinajstić information content (AvgIpc) is 3.24. The molecule has 0 aliphatic heterocycles. The van der Waals surface area contributed by atoms with Gasteiger partial charge in [-0.1, -0.05) is 18.2 Å². The van der Waals surface area contributed by atoms with Gasteiger partial charge in [0.05, 0.1) is 24.4 Å². The summed E-state index contributed by atoms with van der Waals surface area (Å²) in [5.74, 6) is 0.919. The van der Waals surface area contributed by atoms with Crippen molar-refractivity contribution in [3.8, 4) is 11.8 Å². The highest BCUT2D eigenvalue weighted by Gasteiger charge is 2.20. The molecule has 0 bridgehead atoms. The molecule has 0 saturated carbocycles. The standard InChI is InChI=1S/C22H21N3O4/c1-27-13-12-25(15-18-7-4-5-11-24-18)22(26)21-10-9-19(29-21)16-28-20-8-3-2-6-17(20)14-23/h2-11H,12-13,15-16H2,1H3. The van der Waals surface area contributed by atoms with E-state index in [2.05, 4.69) is 11.1 Å². The number of hydrogen-bond donors (Lipinski definition) is 0. The fourth-order valence-electron chi connectivity index (χ4n) is 2.70. The van der Waals surface area contributed by atoms with Crippen LogP contribution in [0.15, 0.2) is 65.2 Å². The summed E-state index contributed by atoms with van der Waals surface area (Å²) < 4.78 is 16.5. The number of benzene rings is 1. The number of ether oxygens (including phenoxy) is 2. The Hall–Kier alpha value is -3.63. The van der Waals surface area contributed by atoms with Crippen molar-refractivity contribution in [1.29, 1.82) is 5.26 Å². The predicted molar refractivity (Wildman–Crippen MR) is 105 cm³/mol. The van der Waals surface area contributed by atoms with Gasteiger partial charge in [0.25, 0.3) is 5.91 Å². The predicted octanol–water partition coefficient (Wildman–Crippen LogP) is 3.41. The summed E-state index contributed by atoms with van der Waals surface area (Å²) in [5, 5.41) is 9.13. The first-order chi connectivity index (χ1) is 14.2. The Bertz CT molecular complexity index is 979. The molecule has 2 heterocycles. The van der Waals surface area contributed by atoms with Gasteiger partial charge in [-0.05, 0) is 36.4 Å². The number of amides is 1. The zero-order valence-electron chi connectivity index (χ0n) is 16.1. The van der Waals surface area contributed by atoms with Gasteiger partial charge < -0.3 is 18.8 Å². The normalized spacial score (nSPS) is 10.3. The number of nitrogens with zero attached hydrogens (tertiary/aromatic N) is 3. The molecule has 0 N–H and O–H groups in total. The van der Waals surface area contributed by atoms with Crippen molar-refractivity contribution < 1.29 is 18.7 Å². The molecule has 148 valence electrons. The van der Waals surface area contributed by atoms with E-state index in [0.717, 1.165) is 5.69 Å². The van der Waals surface area contributed by atoms with Gasteiger partial charge >= 0.3 is 0 Å². The fraction of sp³-hybridized carbons (Fsp3) is 0.227. The Morgan fingerprint density at radius 2 is 2.00 bits per heavy atom. The Morgan fingerprint density at radius 3 is 2.76 bits per heavy atom. The molecule has 7 heteroatoms. The van der Waals surface area contributed by atoms with E-state index in [1.54, 1.807) is 54.6 Å². The first kappa shape index (κ1) is 20.1. The fourth-order valence-corrected chi connectivity index (χ4v) is 2.70. The minimum Gasteiger partial charge on any atom is -0.484 e. The maximum atomic E-state index is 12.9. The molecule has 29 heavy (non-hydrogen) atoms. The Labute approximate surface area is 169 Å². The van der Waals surface area contributed by atoms with Gasteiger partial charge in [-0.2, -0.15) is 5.26 Å². The highest BCUT2D eigenvalue weighted by atomic mass is 16.5. The van der Waals surface area contributed by atoms with Crippen LogP contribution in [0.3, 0.4) is 0 Å². The highest BCUT2D eigenvalue weighted by molar-refractivity contribution is 5.91. The lowest BCUT2D eigenvalue weighted by Crippen LogP contribution is -2.33. The quantitative estimate of drug-likeness (QED) is 0.555. The van der Waals surface area contributed by atoms with Crippen LogP contribution in [0.4, 0.5) is 0 Å². The number of hydrogen-bond acceptors (Lipinski definition) is 6. The largest absolute Gasteiger partial charge is 0.484 e. The second-order valence-corrected chi connectivity index (χ2v) is 6.20. The number of carbonyl (C=O) groups excluding carboxylic acids is 1. The van der Waals surface area contributed by atoms with Gasteiger partial charge in [0.1, 0.15) is 24.2 Å². The molecule has 3 rings (SSSR count). The molecule has 0 aliphatic rings. The van der Waals surface area contributed by atoms with E-state index < -0.39 is 0 Å². The van der Waals surface area contributed by atoms with Crippen LogP contribution < -0.4 is 4.74 Å². The molecule has 0 saturated heterocycles. The van der Waals surface area contributed by atoms with E-state index in [-0.39, 0.29) is 18.3 Å². The maximum Gasteiger partial charge on any atom is 0.289 e. The summed E-state index contributed by atoms with van der Waals surface area (Å²) in [6.07, 6.45) is 1.69. The molecule has 0 unspecified atom stereocenters. The van der Waals surface area contributed by atoms with Crippen LogP contribution in [0.25, 0.3) is 0 Å². The van der Waals surface area contributed by atoms with E-state index in [1.165, 1.54) is 0 Å². The first-order valence-electron chi connectivity index (χ1n) is 9.10. The number of aromatic nitrogens is 1. The molecule has 0 radical (unpaired) electrons.